The number of carbonyl (C=O) groups is 1. The summed E-state index contributed by atoms with van der Waals surface area (Å²) in [4.78, 5) is 23.6. The molecule has 0 unspecified atom stereocenters. The van der Waals surface area contributed by atoms with Crippen LogP contribution in [0.2, 0.25) is 5.02 Å². The van der Waals surface area contributed by atoms with Crippen molar-refractivity contribution in [3.63, 3.8) is 0 Å². The smallest absolute Gasteiger partial charge is 0.313 e. The van der Waals surface area contributed by atoms with Crippen LogP contribution in [0.1, 0.15) is 37.8 Å². The summed E-state index contributed by atoms with van der Waals surface area (Å²) in [7, 11) is 0. The summed E-state index contributed by atoms with van der Waals surface area (Å²) in [6, 6.07) is 16.9. The van der Waals surface area contributed by atoms with Crippen LogP contribution in [0.3, 0.4) is 0 Å². The van der Waals surface area contributed by atoms with E-state index in [1.54, 1.807) is 44.2 Å². The van der Waals surface area contributed by atoms with Gasteiger partial charge in [0.2, 0.25) is 0 Å². The Morgan fingerprint density at radius 3 is 2.38 bits per heavy atom. The third-order valence-electron chi connectivity index (χ3n) is 6.66. The highest BCUT2D eigenvalue weighted by atomic mass is 35.5. The molecule has 0 aliphatic heterocycles. The first-order valence-corrected chi connectivity index (χ1v) is 11.4. The number of aliphatic hydroxyl groups is 1. The van der Waals surface area contributed by atoms with Crippen molar-refractivity contribution in [2.45, 2.75) is 37.5 Å². The number of nitrogens with one attached hydrogen (secondary N) is 1. The number of H-pyrrole nitrogens is 1. The Balaban J connectivity index is 1.39. The first-order valence-electron chi connectivity index (χ1n) is 11.0. The molecule has 174 valence electrons. The number of aromatic amines is 1. The summed E-state index contributed by atoms with van der Waals surface area (Å²) in [6.07, 6.45) is 2.01. The van der Waals surface area contributed by atoms with Crippen molar-refractivity contribution in [3.05, 3.63) is 70.7 Å². The van der Waals surface area contributed by atoms with E-state index in [1.165, 1.54) is 0 Å². The second-order valence-corrected chi connectivity index (χ2v) is 9.71. The van der Waals surface area contributed by atoms with Crippen LogP contribution >= 0.6 is 11.6 Å². The van der Waals surface area contributed by atoms with Gasteiger partial charge in [-0.2, -0.15) is 4.98 Å². The molecule has 2 aromatic carbocycles. The van der Waals surface area contributed by atoms with Gasteiger partial charge >= 0.3 is 12.0 Å². The summed E-state index contributed by atoms with van der Waals surface area (Å²) < 4.78 is 5.83. The van der Waals surface area contributed by atoms with E-state index in [1.807, 2.05) is 24.3 Å². The van der Waals surface area contributed by atoms with Gasteiger partial charge in [-0.3, -0.25) is 4.79 Å². The molecule has 5 rings (SSSR count). The zero-order valence-electron chi connectivity index (χ0n) is 18.8. The van der Waals surface area contributed by atoms with E-state index < -0.39 is 11.4 Å². The molecule has 0 radical (unpaired) electrons. The van der Waals surface area contributed by atoms with E-state index in [0.29, 0.717) is 33.2 Å². The molecule has 0 saturated heterocycles. The van der Waals surface area contributed by atoms with Crippen LogP contribution in [0.25, 0.3) is 22.4 Å². The number of nitrogens with zero attached hydrogens (tertiary/aromatic N) is 2. The van der Waals surface area contributed by atoms with Crippen molar-refractivity contribution < 1.29 is 19.7 Å². The number of aromatic nitrogens is 3. The number of imidazole rings is 1. The number of hydrogen-bond acceptors (Lipinski definition) is 5. The first kappa shape index (κ1) is 22.4. The van der Waals surface area contributed by atoms with Crippen molar-refractivity contribution in [1.29, 1.82) is 0 Å². The van der Waals surface area contributed by atoms with Crippen molar-refractivity contribution in [2.75, 3.05) is 6.61 Å². The van der Waals surface area contributed by atoms with Gasteiger partial charge in [0.15, 0.2) is 5.65 Å². The lowest BCUT2D eigenvalue weighted by Crippen LogP contribution is -2.28. The van der Waals surface area contributed by atoms with Crippen molar-refractivity contribution >= 4 is 28.7 Å². The van der Waals surface area contributed by atoms with Crippen molar-refractivity contribution in [2.24, 2.45) is 0 Å². The normalized spacial score (nSPS) is 14.8. The number of fused-ring (bicyclic) bond motifs is 1. The zero-order valence-corrected chi connectivity index (χ0v) is 19.6. The van der Waals surface area contributed by atoms with Gasteiger partial charge in [-0.1, -0.05) is 48.0 Å². The molecule has 0 atom stereocenters. The van der Waals surface area contributed by atoms with Crippen LogP contribution in [-0.4, -0.2) is 37.7 Å². The Morgan fingerprint density at radius 2 is 1.79 bits per heavy atom. The Hall–Kier alpha value is -3.42. The van der Waals surface area contributed by atoms with Gasteiger partial charge in [-0.05, 0) is 56.0 Å². The van der Waals surface area contributed by atoms with Gasteiger partial charge in [-0.25, -0.2) is 4.98 Å². The molecule has 34 heavy (non-hydrogen) atoms. The number of aliphatic carboxylic acids is 1. The van der Waals surface area contributed by atoms with Gasteiger partial charge in [0.25, 0.3) is 0 Å². The molecule has 0 spiro atoms. The fraction of sp³-hybridized carbons (Fsp3) is 0.269. The number of ether oxygens (including phenoxy) is 1. The molecule has 1 aliphatic rings. The average molecular weight is 478 g/mol. The number of halogens is 1. The Morgan fingerprint density at radius 1 is 1.12 bits per heavy atom. The van der Waals surface area contributed by atoms with Crippen LogP contribution in [0.15, 0.2) is 54.6 Å². The van der Waals surface area contributed by atoms with Crippen molar-refractivity contribution in [1.82, 2.24) is 15.0 Å². The van der Waals surface area contributed by atoms with Crippen LogP contribution < -0.4 is 4.74 Å². The molecule has 1 saturated carbocycles. The summed E-state index contributed by atoms with van der Waals surface area (Å²) >= 11 is 6.52. The van der Waals surface area contributed by atoms with Gasteiger partial charge in [0.1, 0.15) is 5.75 Å². The van der Waals surface area contributed by atoms with E-state index in [9.17, 15) is 15.0 Å². The van der Waals surface area contributed by atoms with E-state index >= 15 is 0 Å². The second kappa shape index (κ2) is 8.11. The van der Waals surface area contributed by atoms with E-state index in [2.05, 4.69) is 15.0 Å². The number of carboxylic acids is 1. The van der Waals surface area contributed by atoms with Crippen LogP contribution in [0, 0.1) is 0 Å². The number of benzene rings is 2. The largest absolute Gasteiger partial charge is 0.481 e. The predicted molar refractivity (Wildman–Crippen MR) is 130 cm³/mol. The number of carboxylic acid groups (broad SMARTS) is 1. The highest BCUT2D eigenvalue weighted by Gasteiger charge is 2.43. The number of aliphatic hydroxyl groups excluding tert-OH is 1. The molecule has 8 heteroatoms. The lowest BCUT2D eigenvalue weighted by molar-refractivity contribution is -0.142. The molecule has 7 nitrogen and oxygen atoms in total. The average Bonchev–Trinajstić information content (AvgIpc) is 3.53. The minimum absolute atomic E-state index is 0.0876. The third kappa shape index (κ3) is 3.91. The molecule has 2 aromatic heterocycles. The van der Waals surface area contributed by atoms with Gasteiger partial charge in [0.05, 0.1) is 28.3 Å². The van der Waals surface area contributed by atoms with Crippen molar-refractivity contribution in [3.8, 4) is 23.0 Å². The van der Waals surface area contributed by atoms with Gasteiger partial charge in [-0.15, -0.1) is 0 Å². The fourth-order valence-corrected chi connectivity index (χ4v) is 4.25. The summed E-state index contributed by atoms with van der Waals surface area (Å²) in [5.74, 6) is -0.379. The molecule has 4 aromatic rings. The van der Waals surface area contributed by atoms with E-state index in [-0.39, 0.29) is 18.0 Å². The molecule has 0 bridgehead atoms. The van der Waals surface area contributed by atoms with Crippen LogP contribution in [-0.2, 0) is 15.6 Å². The number of pyridine rings is 1. The minimum Gasteiger partial charge on any atom is -0.481 e. The molecular formula is C26H24ClN3O4. The maximum Gasteiger partial charge on any atom is 0.313 e. The molecule has 2 heterocycles. The molecule has 1 fully saturated rings. The zero-order chi connectivity index (χ0) is 24.1. The Labute approximate surface area is 201 Å². The highest BCUT2D eigenvalue weighted by Crippen LogP contribution is 2.48. The van der Waals surface area contributed by atoms with E-state index in [4.69, 9.17) is 16.3 Å². The summed E-state index contributed by atoms with van der Waals surface area (Å²) in [5.41, 5.74) is 3.31. The first-order chi connectivity index (χ1) is 16.2. The SMILES string of the molecule is CC(C)(C(=O)O)c1ccc(Oc2nc3nc(-c4ccc(C5(CO)CC5)cc4)c(Cl)cc3[nH]2)cc1. The van der Waals surface area contributed by atoms with Crippen LogP contribution in [0.4, 0.5) is 0 Å². The second-order valence-electron chi connectivity index (χ2n) is 9.30. The maximum absolute atomic E-state index is 11.5. The molecular weight excluding hydrogens is 454 g/mol. The fourth-order valence-electron chi connectivity index (χ4n) is 3.99. The quantitative estimate of drug-likeness (QED) is 0.326. The standard InChI is InChI=1S/C26H24ClN3O4/c1-25(2,23(32)33)16-7-9-18(10-8-16)34-24-28-20-13-19(27)21(29-22(20)30-24)15-3-5-17(6-4-15)26(14-31)11-12-26/h3-10,13,31H,11-12,14H2,1-2H3,(H,32,33)(H,28,29,30). The van der Waals surface area contributed by atoms with Gasteiger partial charge in [0, 0.05) is 11.0 Å². The molecule has 3 N–H and O–H groups in total. The molecule has 0 amide bonds. The maximum atomic E-state index is 11.5. The molecule has 1 aliphatic carbocycles. The lowest BCUT2D eigenvalue weighted by Gasteiger charge is -2.19. The number of rotatable bonds is 7. The number of hydrogen-bond donors (Lipinski definition) is 3. The monoisotopic (exact) mass is 477 g/mol. The predicted octanol–water partition coefficient (Wildman–Crippen LogP) is 5.46. The Kier molecular flexibility index (Phi) is 5.34. The third-order valence-corrected chi connectivity index (χ3v) is 6.95. The summed E-state index contributed by atoms with van der Waals surface area (Å²) in [5, 5.41) is 19.5. The minimum atomic E-state index is -0.996. The Bertz CT molecular complexity index is 1370. The highest BCUT2D eigenvalue weighted by molar-refractivity contribution is 6.33. The van der Waals surface area contributed by atoms with Gasteiger partial charge < -0.3 is 19.9 Å². The van der Waals surface area contributed by atoms with Crippen LogP contribution in [0.5, 0.6) is 11.8 Å². The topological polar surface area (TPSA) is 108 Å². The lowest BCUT2D eigenvalue weighted by atomic mass is 9.85. The van der Waals surface area contributed by atoms with E-state index in [0.717, 1.165) is 24.0 Å². The summed E-state index contributed by atoms with van der Waals surface area (Å²) in [6.45, 7) is 3.47.